The summed E-state index contributed by atoms with van der Waals surface area (Å²) in [5.74, 6) is 0.874. The maximum Gasteiger partial charge on any atom is 0.252 e. The van der Waals surface area contributed by atoms with Crippen molar-refractivity contribution in [3.8, 4) is 5.75 Å². The van der Waals surface area contributed by atoms with Gasteiger partial charge in [0.15, 0.2) is 0 Å². The van der Waals surface area contributed by atoms with Crippen molar-refractivity contribution in [1.82, 2.24) is 14.9 Å². The average molecular weight is 382 g/mol. The Bertz CT molecular complexity index is 832. The SMILES string of the molecule is COc1ccccc1CCC(=O)N1CCC(Cc2ncncc2C(N)=O)CC1. The number of nitrogens with two attached hydrogens (primary N) is 1. The van der Waals surface area contributed by atoms with Crippen LogP contribution >= 0.6 is 0 Å². The highest BCUT2D eigenvalue weighted by Crippen LogP contribution is 2.24. The molecule has 1 saturated heterocycles. The molecule has 7 heteroatoms. The van der Waals surface area contributed by atoms with Crippen LogP contribution < -0.4 is 10.5 Å². The number of aromatic nitrogens is 2. The van der Waals surface area contributed by atoms with Gasteiger partial charge in [-0.3, -0.25) is 9.59 Å². The van der Waals surface area contributed by atoms with Crippen molar-refractivity contribution in [3.05, 3.63) is 53.6 Å². The van der Waals surface area contributed by atoms with Crippen LogP contribution in [-0.4, -0.2) is 46.9 Å². The highest BCUT2D eigenvalue weighted by atomic mass is 16.5. The Morgan fingerprint density at radius 1 is 1.25 bits per heavy atom. The quantitative estimate of drug-likeness (QED) is 0.790. The molecular weight excluding hydrogens is 356 g/mol. The number of carbonyl (C=O) groups excluding carboxylic acids is 2. The van der Waals surface area contributed by atoms with Crippen molar-refractivity contribution in [2.45, 2.75) is 32.1 Å². The van der Waals surface area contributed by atoms with Gasteiger partial charge in [0, 0.05) is 25.7 Å². The van der Waals surface area contributed by atoms with Crippen LogP contribution in [-0.2, 0) is 17.6 Å². The molecule has 0 bridgehead atoms. The summed E-state index contributed by atoms with van der Waals surface area (Å²) >= 11 is 0. The molecule has 0 radical (unpaired) electrons. The van der Waals surface area contributed by atoms with Crippen LogP contribution in [0.1, 0.15) is 40.9 Å². The number of benzene rings is 1. The van der Waals surface area contributed by atoms with Gasteiger partial charge in [-0.25, -0.2) is 9.97 Å². The van der Waals surface area contributed by atoms with Crippen molar-refractivity contribution < 1.29 is 14.3 Å². The second-order valence-electron chi connectivity index (χ2n) is 7.09. The van der Waals surface area contributed by atoms with Crippen LogP contribution in [0.3, 0.4) is 0 Å². The number of piperidine rings is 1. The Kier molecular flexibility index (Phi) is 6.57. The number of para-hydroxylation sites is 1. The molecule has 0 unspecified atom stereocenters. The zero-order chi connectivity index (χ0) is 19.9. The van der Waals surface area contributed by atoms with E-state index in [1.165, 1.54) is 12.5 Å². The lowest BCUT2D eigenvalue weighted by Gasteiger charge is -2.32. The molecule has 0 spiro atoms. The number of aryl methyl sites for hydroxylation is 1. The molecule has 0 aliphatic carbocycles. The van der Waals surface area contributed by atoms with Gasteiger partial charge < -0.3 is 15.4 Å². The molecule has 2 N–H and O–H groups in total. The molecule has 3 rings (SSSR count). The third-order valence-corrected chi connectivity index (χ3v) is 5.31. The second kappa shape index (κ2) is 9.30. The molecule has 28 heavy (non-hydrogen) atoms. The fourth-order valence-electron chi connectivity index (χ4n) is 3.69. The summed E-state index contributed by atoms with van der Waals surface area (Å²) in [6, 6.07) is 7.80. The highest BCUT2D eigenvalue weighted by molar-refractivity contribution is 5.93. The fourth-order valence-corrected chi connectivity index (χ4v) is 3.69. The molecule has 1 aromatic carbocycles. The molecule has 2 aromatic rings. The smallest absolute Gasteiger partial charge is 0.252 e. The Balaban J connectivity index is 1.50. The minimum absolute atomic E-state index is 0.171. The minimum atomic E-state index is -0.500. The molecular formula is C21H26N4O3. The summed E-state index contributed by atoms with van der Waals surface area (Å²) < 4.78 is 5.35. The van der Waals surface area contributed by atoms with Gasteiger partial charge in [-0.15, -0.1) is 0 Å². The predicted octanol–water partition coefficient (Wildman–Crippen LogP) is 2.00. The average Bonchev–Trinajstić information content (AvgIpc) is 2.73. The van der Waals surface area contributed by atoms with E-state index in [0.29, 0.717) is 36.4 Å². The minimum Gasteiger partial charge on any atom is -0.496 e. The summed E-state index contributed by atoms with van der Waals surface area (Å²) in [6.07, 6.45) is 6.53. The lowest BCUT2D eigenvalue weighted by Crippen LogP contribution is -2.39. The normalized spacial score (nSPS) is 14.7. The number of rotatable bonds is 7. The first-order valence-corrected chi connectivity index (χ1v) is 9.56. The Morgan fingerprint density at radius 2 is 2.00 bits per heavy atom. The van der Waals surface area contributed by atoms with Crippen LogP contribution in [0.25, 0.3) is 0 Å². The van der Waals surface area contributed by atoms with Crippen LogP contribution in [0.5, 0.6) is 5.75 Å². The van der Waals surface area contributed by atoms with Crippen LogP contribution in [0.15, 0.2) is 36.8 Å². The van der Waals surface area contributed by atoms with Gasteiger partial charge in [-0.2, -0.15) is 0 Å². The molecule has 148 valence electrons. The van der Waals surface area contributed by atoms with Crippen molar-refractivity contribution in [3.63, 3.8) is 0 Å². The molecule has 0 atom stereocenters. The Morgan fingerprint density at radius 3 is 2.71 bits per heavy atom. The number of amides is 2. The number of likely N-dealkylation sites (tertiary alicyclic amines) is 1. The first-order valence-electron chi connectivity index (χ1n) is 9.56. The second-order valence-corrected chi connectivity index (χ2v) is 7.09. The molecule has 1 aliphatic rings. The molecule has 1 fully saturated rings. The summed E-state index contributed by atoms with van der Waals surface area (Å²) in [6.45, 7) is 1.46. The number of ether oxygens (including phenoxy) is 1. The molecule has 2 amide bonds. The third kappa shape index (κ3) is 4.85. The van der Waals surface area contributed by atoms with E-state index < -0.39 is 5.91 Å². The van der Waals surface area contributed by atoms with E-state index in [9.17, 15) is 9.59 Å². The van der Waals surface area contributed by atoms with Gasteiger partial charge in [0.1, 0.15) is 12.1 Å². The van der Waals surface area contributed by atoms with E-state index in [0.717, 1.165) is 37.2 Å². The maximum absolute atomic E-state index is 12.6. The van der Waals surface area contributed by atoms with E-state index >= 15 is 0 Å². The van der Waals surface area contributed by atoms with E-state index in [2.05, 4.69) is 9.97 Å². The molecule has 0 saturated carbocycles. The molecule has 2 heterocycles. The van der Waals surface area contributed by atoms with Gasteiger partial charge in [0.2, 0.25) is 5.91 Å². The van der Waals surface area contributed by atoms with Crippen LogP contribution in [0, 0.1) is 5.92 Å². The summed E-state index contributed by atoms with van der Waals surface area (Å²) in [5.41, 5.74) is 7.54. The van der Waals surface area contributed by atoms with Crippen molar-refractivity contribution >= 4 is 11.8 Å². The molecule has 1 aliphatic heterocycles. The number of hydrogen-bond donors (Lipinski definition) is 1. The Labute approximate surface area is 164 Å². The van der Waals surface area contributed by atoms with Crippen LogP contribution in [0.4, 0.5) is 0 Å². The van der Waals surface area contributed by atoms with Gasteiger partial charge >= 0.3 is 0 Å². The first kappa shape index (κ1) is 19.8. The largest absolute Gasteiger partial charge is 0.496 e. The zero-order valence-corrected chi connectivity index (χ0v) is 16.1. The number of methoxy groups -OCH3 is 1. The number of carbonyl (C=O) groups is 2. The van der Waals surface area contributed by atoms with Crippen molar-refractivity contribution in [2.24, 2.45) is 11.7 Å². The summed E-state index contributed by atoms with van der Waals surface area (Å²) in [4.78, 5) is 34.1. The van der Waals surface area contributed by atoms with E-state index in [4.69, 9.17) is 10.5 Å². The van der Waals surface area contributed by atoms with Gasteiger partial charge in [-0.1, -0.05) is 18.2 Å². The summed E-state index contributed by atoms with van der Waals surface area (Å²) in [7, 11) is 1.65. The van der Waals surface area contributed by atoms with Crippen molar-refractivity contribution in [1.29, 1.82) is 0 Å². The number of hydrogen-bond acceptors (Lipinski definition) is 5. The van der Waals surface area contributed by atoms with E-state index in [1.54, 1.807) is 7.11 Å². The first-order chi connectivity index (χ1) is 13.6. The van der Waals surface area contributed by atoms with Gasteiger partial charge in [0.25, 0.3) is 5.91 Å². The maximum atomic E-state index is 12.6. The highest BCUT2D eigenvalue weighted by Gasteiger charge is 2.24. The Hall–Kier alpha value is -2.96. The van der Waals surface area contributed by atoms with Crippen LogP contribution in [0.2, 0.25) is 0 Å². The zero-order valence-electron chi connectivity index (χ0n) is 16.1. The topological polar surface area (TPSA) is 98.4 Å². The fraction of sp³-hybridized carbons (Fsp3) is 0.429. The molecule has 7 nitrogen and oxygen atoms in total. The lowest BCUT2D eigenvalue weighted by molar-refractivity contribution is -0.132. The number of primary amides is 1. The lowest BCUT2D eigenvalue weighted by atomic mass is 9.90. The van der Waals surface area contributed by atoms with Gasteiger partial charge in [0.05, 0.1) is 18.4 Å². The van der Waals surface area contributed by atoms with E-state index in [1.807, 2.05) is 29.2 Å². The summed E-state index contributed by atoms with van der Waals surface area (Å²) in [5, 5.41) is 0. The number of nitrogens with zero attached hydrogens (tertiary/aromatic N) is 3. The molecule has 1 aromatic heterocycles. The van der Waals surface area contributed by atoms with Gasteiger partial charge in [-0.05, 0) is 43.2 Å². The van der Waals surface area contributed by atoms with Crippen molar-refractivity contribution in [2.75, 3.05) is 20.2 Å². The van der Waals surface area contributed by atoms with E-state index in [-0.39, 0.29) is 5.91 Å². The predicted molar refractivity (Wildman–Crippen MR) is 105 cm³/mol. The standard InChI is InChI=1S/C21H26N4O3/c1-28-19-5-3-2-4-16(19)6-7-20(26)25-10-8-15(9-11-25)12-18-17(21(22)27)13-23-14-24-18/h2-5,13-15H,6-12H2,1H3,(H2,22,27). The third-order valence-electron chi connectivity index (χ3n) is 5.31. The monoisotopic (exact) mass is 382 g/mol.